The van der Waals surface area contributed by atoms with Gasteiger partial charge in [-0.1, -0.05) is 0 Å². The lowest BCUT2D eigenvalue weighted by Gasteiger charge is -2.38. The van der Waals surface area contributed by atoms with Crippen molar-refractivity contribution in [2.45, 2.75) is 45.3 Å². The highest BCUT2D eigenvalue weighted by atomic mass is 35.5. The van der Waals surface area contributed by atoms with Gasteiger partial charge in [0, 0.05) is 44.2 Å². The predicted octanol–water partition coefficient (Wildman–Crippen LogP) is 1.82. The van der Waals surface area contributed by atoms with E-state index in [-0.39, 0.29) is 36.0 Å². The molecule has 8 nitrogen and oxygen atoms in total. The molecule has 1 aliphatic heterocycles. The zero-order valence-electron chi connectivity index (χ0n) is 17.3. The minimum Gasteiger partial charge on any atom is -0.493 e. The lowest BCUT2D eigenvalue weighted by atomic mass is 10.1. The summed E-state index contributed by atoms with van der Waals surface area (Å²) in [5, 5.41) is 3.84. The number of halogens is 1. The Bertz CT molecular complexity index is 917. The van der Waals surface area contributed by atoms with Crippen molar-refractivity contribution in [3.05, 3.63) is 28.8 Å². The number of benzene rings is 1. The zero-order chi connectivity index (χ0) is 20.3. The van der Waals surface area contributed by atoms with E-state index in [9.17, 15) is 9.59 Å². The molecule has 2 heterocycles. The van der Waals surface area contributed by atoms with Crippen LogP contribution in [0.4, 0.5) is 0 Å². The first kappa shape index (κ1) is 23.0. The normalized spacial score (nSPS) is 19.0. The van der Waals surface area contributed by atoms with Gasteiger partial charge in [0.25, 0.3) is 5.56 Å². The number of hydrogen-bond donors (Lipinski definition) is 1. The second kappa shape index (κ2) is 9.93. The third-order valence-corrected chi connectivity index (χ3v) is 5.47. The first-order chi connectivity index (χ1) is 13.5. The van der Waals surface area contributed by atoms with Gasteiger partial charge in [0.15, 0.2) is 11.5 Å². The van der Waals surface area contributed by atoms with Crippen LogP contribution in [-0.4, -0.2) is 59.8 Å². The summed E-state index contributed by atoms with van der Waals surface area (Å²) in [6, 6.07) is 3.80. The Kier molecular flexibility index (Phi) is 7.87. The quantitative estimate of drug-likeness (QED) is 0.761. The number of fused-ring (bicyclic) bond motifs is 1. The lowest BCUT2D eigenvalue weighted by molar-refractivity contribution is -0.135. The van der Waals surface area contributed by atoms with E-state index in [1.54, 1.807) is 23.8 Å². The van der Waals surface area contributed by atoms with E-state index >= 15 is 0 Å². The number of nitrogens with zero attached hydrogens (tertiary/aromatic N) is 3. The minimum atomic E-state index is -0.150. The molecular formula is C20H29ClN4O4. The van der Waals surface area contributed by atoms with Gasteiger partial charge in [-0.15, -0.1) is 12.4 Å². The molecule has 0 radical (unpaired) electrons. The van der Waals surface area contributed by atoms with E-state index in [1.807, 2.05) is 4.90 Å². The third kappa shape index (κ3) is 4.82. The molecule has 1 saturated heterocycles. The van der Waals surface area contributed by atoms with Gasteiger partial charge >= 0.3 is 0 Å². The van der Waals surface area contributed by atoms with Gasteiger partial charge in [-0.05, 0) is 26.3 Å². The van der Waals surface area contributed by atoms with Crippen molar-refractivity contribution >= 4 is 29.2 Å². The van der Waals surface area contributed by atoms with E-state index in [0.29, 0.717) is 41.8 Å². The fourth-order valence-corrected chi connectivity index (χ4v) is 3.60. The number of carbonyl (C=O) groups is 1. The SMILES string of the molecule is COc1cc2ncn(CCCC(=O)N3CCNC(C)C3C)c(=O)c2cc1OC.Cl. The molecule has 1 fully saturated rings. The molecule has 1 amide bonds. The fraction of sp³-hybridized carbons (Fsp3) is 0.550. The summed E-state index contributed by atoms with van der Waals surface area (Å²) < 4.78 is 12.1. The molecule has 2 unspecified atom stereocenters. The Morgan fingerprint density at radius 1 is 1.24 bits per heavy atom. The van der Waals surface area contributed by atoms with Crippen molar-refractivity contribution in [3.8, 4) is 11.5 Å². The maximum Gasteiger partial charge on any atom is 0.261 e. The number of aromatic nitrogens is 2. The monoisotopic (exact) mass is 424 g/mol. The van der Waals surface area contributed by atoms with E-state index in [0.717, 1.165) is 13.1 Å². The Balaban J connectivity index is 0.00000300. The van der Waals surface area contributed by atoms with Crippen LogP contribution in [0.5, 0.6) is 11.5 Å². The summed E-state index contributed by atoms with van der Waals surface area (Å²) in [4.78, 5) is 31.6. The van der Waals surface area contributed by atoms with Crippen LogP contribution in [0.2, 0.25) is 0 Å². The second-order valence-corrected chi connectivity index (χ2v) is 7.14. The molecule has 3 rings (SSSR count). The number of carbonyl (C=O) groups excluding carboxylic acids is 1. The van der Waals surface area contributed by atoms with Crippen molar-refractivity contribution in [3.63, 3.8) is 0 Å². The molecule has 160 valence electrons. The number of rotatable bonds is 6. The number of nitrogens with one attached hydrogen (secondary N) is 1. The molecule has 9 heteroatoms. The number of hydrogen-bond acceptors (Lipinski definition) is 6. The van der Waals surface area contributed by atoms with Crippen molar-refractivity contribution in [2.75, 3.05) is 27.3 Å². The maximum atomic E-state index is 12.8. The molecule has 0 saturated carbocycles. The van der Waals surface area contributed by atoms with Crippen LogP contribution in [0.3, 0.4) is 0 Å². The molecule has 2 aromatic rings. The highest BCUT2D eigenvalue weighted by molar-refractivity contribution is 5.85. The average molecular weight is 425 g/mol. The second-order valence-electron chi connectivity index (χ2n) is 7.14. The standard InChI is InChI=1S/C20H28N4O4.ClH/c1-13-14(2)24(9-7-21-13)19(25)6-5-8-23-12-22-16-11-18(28-4)17(27-3)10-15(16)20(23)26;/h10-14,21H,5-9H2,1-4H3;1H. The number of methoxy groups -OCH3 is 2. The van der Waals surface area contributed by atoms with Gasteiger partial charge in [0.05, 0.1) is 31.4 Å². The smallest absolute Gasteiger partial charge is 0.261 e. The van der Waals surface area contributed by atoms with E-state index in [2.05, 4.69) is 24.1 Å². The van der Waals surface area contributed by atoms with Crippen LogP contribution in [0.1, 0.15) is 26.7 Å². The summed E-state index contributed by atoms with van der Waals surface area (Å²) in [6.07, 6.45) is 2.52. The highest BCUT2D eigenvalue weighted by Gasteiger charge is 2.27. The third-order valence-electron chi connectivity index (χ3n) is 5.47. The molecular weight excluding hydrogens is 396 g/mol. The predicted molar refractivity (Wildman–Crippen MR) is 114 cm³/mol. The Hall–Kier alpha value is -2.32. The van der Waals surface area contributed by atoms with Crippen LogP contribution in [-0.2, 0) is 11.3 Å². The van der Waals surface area contributed by atoms with Gasteiger partial charge in [0.2, 0.25) is 5.91 Å². The van der Waals surface area contributed by atoms with Gasteiger partial charge in [0.1, 0.15) is 0 Å². The van der Waals surface area contributed by atoms with Crippen molar-refractivity contribution in [1.82, 2.24) is 19.8 Å². The van der Waals surface area contributed by atoms with Crippen LogP contribution in [0, 0.1) is 0 Å². The molecule has 2 atom stereocenters. The largest absolute Gasteiger partial charge is 0.493 e. The van der Waals surface area contributed by atoms with Crippen LogP contribution < -0.4 is 20.3 Å². The Morgan fingerprint density at radius 3 is 2.62 bits per heavy atom. The summed E-state index contributed by atoms with van der Waals surface area (Å²) in [7, 11) is 3.07. The van der Waals surface area contributed by atoms with E-state index in [4.69, 9.17) is 9.47 Å². The lowest BCUT2D eigenvalue weighted by Crippen LogP contribution is -2.57. The van der Waals surface area contributed by atoms with Crippen LogP contribution in [0.25, 0.3) is 10.9 Å². The Labute approximate surface area is 176 Å². The molecule has 1 aromatic carbocycles. The topological polar surface area (TPSA) is 85.7 Å². The van der Waals surface area contributed by atoms with E-state index in [1.165, 1.54) is 13.4 Å². The van der Waals surface area contributed by atoms with Crippen LogP contribution in [0.15, 0.2) is 23.3 Å². The minimum absolute atomic E-state index is 0. The average Bonchev–Trinajstić information content (AvgIpc) is 2.70. The van der Waals surface area contributed by atoms with Gasteiger partial charge < -0.3 is 19.7 Å². The highest BCUT2D eigenvalue weighted by Crippen LogP contribution is 2.29. The van der Waals surface area contributed by atoms with Gasteiger partial charge in [-0.25, -0.2) is 4.98 Å². The molecule has 1 aromatic heterocycles. The first-order valence-electron chi connectivity index (χ1n) is 9.60. The fourth-order valence-electron chi connectivity index (χ4n) is 3.60. The molecule has 0 bridgehead atoms. The van der Waals surface area contributed by atoms with Crippen molar-refractivity contribution in [1.29, 1.82) is 0 Å². The maximum absolute atomic E-state index is 12.8. The van der Waals surface area contributed by atoms with Crippen molar-refractivity contribution in [2.24, 2.45) is 0 Å². The number of ether oxygens (including phenoxy) is 2. The van der Waals surface area contributed by atoms with Crippen molar-refractivity contribution < 1.29 is 14.3 Å². The molecule has 0 aliphatic carbocycles. The summed E-state index contributed by atoms with van der Waals surface area (Å²) >= 11 is 0. The molecule has 1 aliphatic rings. The van der Waals surface area contributed by atoms with E-state index < -0.39 is 0 Å². The number of aryl methyl sites for hydroxylation is 1. The zero-order valence-corrected chi connectivity index (χ0v) is 18.1. The molecule has 1 N–H and O–H groups in total. The van der Waals surface area contributed by atoms with Gasteiger partial charge in [-0.2, -0.15) is 0 Å². The first-order valence-corrected chi connectivity index (χ1v) is 9.60. The van der Waals surface area contributed by atoms with Crippen LogP contribution >= 0.6 is 12.4 Å². The number of piperazine rings is 1. The number of amides is 1. The molecule has 0 spiro atoms. The summed E-state index contributed by atoms with van der Waals surface area (Å²) in [5.41, 5.74) is 0.404. The Morgan fingerprint density at radius 2 is 1.93 bits per heavy atom. The van der Waals surface area contributed by atoms with Gasteiger partial charge in [-0.3, -0.25) is 14.2 Å². The summed E-state index contributed by atoms with van der Waals surface area (Å²) in [6.45, 7) is 6.14. The molecule has 29 heavy (non-hydrogen) atoms. The summed E-state index contributed by atoms with van der Waals surface area (Å²) in [5.74, 6) is 1.15.